The number of alkyl carbamates (subject to hydrolysis) is 1. The fraction of sp³-hybridized carbons (Fsp3) is 0.423. The van der Waals surface area contributed by atoms with Crippen LogP contribution in [0.5, 0.6) is 0 Å². The summed E-state index contributed by atoms with van der Waals surface area (Å²) in [6, 6.07) is 16.0. The molecule has 0 radical (unpaired) electrons. The maximum atomic E-state index is 13.4. The molecule has 2 aromatic rings. The highest BCUT2D eigenvalue weighted by Crippen LogP contribution is 2.44. The lowest BCUT2D eigenvalue weighted by Crippen LogP contribution is -2.63. The first-order chi connectivity index (χ1) is 16.4. The minimum Gasteiger partial charge on any atom is -0.480 e. The monoisotopic (exact) mass is 466 g/mol. The SMILES string of the molecule is CCC(COC)(NC(=O)OCC1c2ccccc2-c2ccccc21)C(=O)N(CC(=O)O)C1CC1. The van der Waals surface area contributed by atoms with E-state index in [4.69, 9.17) is 9.47 Å². The van der Waals surface area contributed by atoms with E-state index in [1.54, 1.807) is 6.92 Å². The number of amides is 2. The lowest BCUT2D eigenvalue weighted by Gasteiger charge is -2.36. The molecule has 0 aliphatic heterocycles. The number of benzene rings is 2. The molecule has 2 N–H and O–H groups in total. The number of ether oxygens (including phenoxy) is 2. The summed E-state index contributed by atoms with van der Waals surface area (Å²) >= 11 is 0. The largest absolute Gasteiger partial charge is 0.480 e. The predicted molar refractivity (Wildman–Crippen MR) is 125 cm³/mol. The van der Waals surface area contributed by atoms with E-state index >= 15 is 0 Å². The maximum absolute atomic E-state index is 13.4. The summed E-state index contributed by atoms with van der Waals surface area (Å²) in [5, 5.41) is 12.0. The molecule has 0 spiro atoms. The maximum Gasteiger partial charge on any atom is 0.408 e. The average molecular weight is 467 g/mol. The zero-order valence-corrected chi connectivity index (χ0v) is 19.5. The molecule has 180 valence electrons. The normalized spacial score (nSPS) is 16.2. The van der Waals surface area contributed by atoms with Gasteiger partial charge in [0.25, 0.3) is 5.91 Å². The van der Waals surface area contributed by atoms with Gasteiger partial charge in [-0.2, -0.15) is 0 Å². The van der Waals surface area contributed by atoms with Gasteiger partial charge in [-0.3, -0.25) is 9.59 Å². The summed E-state index contributed by atoms with van der Waals surface area (Å²) in [4.78, 5) is 39.1. The third-order valence-electron chi connectivity index (χ3n) is 6.64. The number of carbonyl (C=O) groups is 3. The van der Waals surface area contributed by atoms with Gasteiger partial charge in [-0.25, -0.2) is 4.79 Å². The second-order valence-electron chi connectivity index (χ2n) is 8.88. The molecule has 2 aromatic carbocycles. The smallest absolute Gasteiger partial charge is 0.408 e. The van der Waals surface area contributed by atoms with Crippen LogP contribution in [0, 0.1) is 0 Å². The topological polar surface area (TPSA) is 105 Å². The van der Waals surface area contributed by atoms with Crippen LogP contribution in [0.15, 0.2) is 48.5 Å². The third-order valence-corrected chi connectivity index (χ3v) is 6.64. The molecular formula is C26H30N2O6. The van der Waals surface area contributed by atoms with E-state index in [1.165, 1.54) is 12.0 Å². The van der Waals surface area contributed by atoms with Crippen LogP contribution in [-0.2, 0) is 19.1 Å². The molecule has 4 rings (SSSR count). The Kier molecular flexibility index (Phi) is 6.88. The van der Waals surface area contributed by atoms with Gasteiger partial charge in [-0.15, -0.1) is 0 Å². The number of carboxylic acids is 1. The molecule has 1 saturated carbocycles. The van der Waals surface area contributed by atoms with Gasteiger partial charge < -0.3 is 24.8 Å². The number of carbonyl (C=O) groups excluding carboxylic acids is 2. The molecule has 0 saturated heterocycles. The average Bonchev–Trinajstić information content (AvgIpc) is 3.63. The highest BCUT2D eigenvalue weighted by molar-refractivity contribution is 5.92. The van der Waals surface area contributed by atoms with Crippen molar-refractivity contribution in [3.63, 3.8) is 0 Å². The Morgan fingerprint density at radius 3 is 2.15 bits per heavy atom. The van der Waals surface area contributed by atoms with Crippen LogP contribution < -0.4 is 5.32 Å². The molecule has 1 atom stereocenters. The zero-order valence-electron chi connectivity index (χ0n) is 19.5. The lowest BCUT2D eigenvalue weighted by molar-refractivity contribution is -0.149. The van der Waals surface area contributed by atoms with Gasteiger partial charge in [-0.05, 0) is 41.5 Å². The zero-order chi connectivity index (χ0) is 24.3. The van der Waals surface area contributed by atoms with Crippen molar-refractivity contribution in [3.05, 3.63) is 59.7 Å². The number of hydrogen-bond acceptors (Lipinski definition) is 5. The predicted octanol–water partition coefficient (Wildman–Crippen LogP) is 3.40. The first kappa shape index (κ1) is 23.8. The number of carboxylic acid groups (broad SMARTS) is 1. The van der Waals surface area contributed by atoms with Gasteiger partial charge in [0, 0.05) is 19.1 Å². The van der Waals surface area contributed by atoms with E-state index in [2.05, 4.69) is 17.4 Å². The summed E-state index contributed by atoms with van der Waals surface area (Å²) in [5.74, 6) is -1.67. The molecule has 0 aromatic heterocycles. The summed E-state index contributed by atoms with van der Waals surface area (Å²) in [6.07, 6.45) is 0.986. The summed E-state index contributed by atoms with van der Waals surface area (Å²) in [6.45, 7) is 1.37. The van der Waals surface area contributed by atoms with Gasteiger partial charge in [0.15, 0.2) is 0 Å². The number of aliphatic carboxylic acids is 1. The van der Waals surface area contributed by atoms with E-state index in [1.807, 2.05) is 36.4 Å². The Balaban J connectivity index is 1.50. The minimum atomic E-state index is -1.41. The second-order valence-corrected chi connectivity index (χ2v) is 8.88. The molecule has 2 aliphatic rings. The molecule has 8 nitrogen and oxygen atoms in total. The Morgan fingerprint density at radius 1 is 1.06 bits per heavy atom. The summed E-state index contributed by atoms with van der Waals surface area (Å²) < 4.78 is 10.9. The standard InChI is InChI=1S/C26H30N2O6/c1-3-26(16-33-2,24(31)28(14-23(29)30)17-12-13-17)27-25(32)34-15-22-20-10-6-4-8-18(20)19-9-5-7-11-21(19)22/h4-11,17,22H,3,12-16H2,1-2H3,(H,27,32)(H,29,30). The quantitative estimate of drug-likeness (QED) is 0.556. The van der Waals surface area contributed by atoms with E-state index < -0.39 is 30.1 Å². The fourth-order valence-corrected chi connectivity index (χ4v) is 4.74. The van der Waals surface area contributed by atoms with Crippen molar-refractivity contribution in [1.29, 1.82) is 0 Å². The molecule has 34 heavy (non-hydrogen) atoms. The number of rotatable bonds is 10. The van der Waals surface area contributed by atoms with Gasteiger partial charge in [0.2, 0.25) is 0 Å². The van der Waals surface area contributed by atoms with E-state index in [9.17, 15) is 19.5 Å². The van der Waals surface area contributed by atoms with Crippen molar-refractivity contribution in [2.24, 2.45) is 0 Å². The molecule has 1 unspecified atom stereocenters. The van der Waals surface area contributed by atoms with Crippen molar-refractivity contribution in [1.82, 2.24) is 10.2 Å². The van der Waals surface area contributed by atoms with Crippen LogP contribution in [-0.4, -0.2) is 66.4 Å². The van der Waals surface area contributed by atoms with Crippen molar-refractivity contribution in [2.45, 2.75) is 43.7 Å². The first-order valence-electron chi connectivity index (χ1n) is 11.5. The van der Waals surface area contributed by atoms with Crippen molar-refractivity contribution in [2.75, 3.05) is 26.9 Å². The van der Waals surface area contributed by atoms with Crippen molar-refractivity contribution >= 4 is 18.0 Å². The molecule has 2 amide bonds. The highest BCUT2D eigenvalue weighted by atomic mass is 16.5. The fourth-order valence-electron chi connectivity index (χ4n) is 4.74. The number of nitrogens with one attached hydrogen (secondary N) is 1. The van der Waals surface area contributed by atoms with Crippen LogP contribution in [0.4, 0.5) is 4.79 Å². The molecule has 0 heterocycles. The number of nitrogens with zero attached hydrogens (tertiary/aromatic N) is 1. The molecular weight excluding hydrogens is 436 g/mol. The lowest BCUT2D eigenvalue weighted by atomic mass is 9.94. The van der Waals surface area contributed by atoms with E-state index in [-0.39, 0.29) is 31.6 Å². The Morgan fingerprint density at radius 2 is 1.65 bits per heavy atom. The third kappa shape index (κ3) is 4.63. The van der Waals surface area contributed by atoms with Gasteiger partial charge >= 0.3 is 12.1 Å². The Labute approximate surface area is 198 Å². The van der Waals surface area contributed by atoms with Crippen LogP contribution >= 0.6 is 0 Å². The second kappa shape index (κ2) is 9.85. The number of methoxy groups -OCH3 is 1. The summed E-state index contributed by atoms with van der Waals surface area (Å²) in [7, 11) is 1.44. The summed E-state index contributed by atoms with van der Waals surface area (Å²) in [5.41, 5.74) is 3.02. The minimum absolute atomic E-state index is 0.0879. The van der Waals surface area contributed by atoms with Crippen LogP contribution in [0.1, 0.15) is 43.2 Å². The number of hydrogen-bond donors (Lipinski definition) is 2. The molecule has 2 aliphatic carbocycles. The Bertz CT molecular complexity index is 1040. The number of fused-ring (bicyclic) bond motifs is 3. The van der Waals surface area contributed by atoms with Gasteiger partial charge in [-0.1, -0.05) is 55.5 Å². The molecule has 0 bridgehead atoms. The Hall–Kier alpha value is -3.39. The molecule has 1 fully saturated rings. The molecule has 8 heteroatoms. The van der Waals surface area contributed by atoms with Crippen molar-refractivity contribution in [3.8, 4) is 11.1 Å². The van der Waals surface area contributed by atoms with Crippen LogP contribution in [0.25, 0.3) is 11.1 Å². The van der Waals surface area contributed by atoms with E-state index in [0.29, 0.717) is 0 Å². The van der Waals surface area contributed by atoms with Crippen molar-refractivity contribution < 1.29 is 29.0 Å². The highest BCUT2D eigenvalue weighted by Gasteiger charge is 2.46. The van der Waals surface area contributed by atoms with Gasteiger partial charge in [0.05, 0.1) is 6.61 Å². The van der Waals surface area contributed by atoms with Crippen LogP contribution in [0.2, 0.25) is 0 Å². The van der Waals surface area contributed by atoms with E-state index in [0.717, 1.165) is 35.1 Å². The van der Waals surface area contributed by atoms with Gasteiger partial charge in [0.1, 0.15) is 18.7 Å². The first-order valence-corrected chi connectivity index (χ1v) is 11.5. The van der Waals surface area contributed by atoms with Crippen LogP contribution in [0.3, 0.4) is 0 Å².